The van der Waals surface area contributed by atoms with Crippen LogP contribution >= 0.6 is 0 Å². The lowest BCUT2D eigenvalue weighted by Gasteiger charge is -2.11. The zero-order chi connectivity index (χ0) is 14.7. The van der Waals surface area contributed by atoms with Gasteiger partial charge in [-0.15, -0.1) is 0 Å². The van der Waals surface area contributed by atoms with Crippen molar-refractivity contribution in [2.45, 2.75) is 38.8 Å². The highest BCUT2D eigenvalue weighted by atomic mass is 16.5. The van der Waals surface area contributed by atoms with Crippen LogP contribution in [0.15, 0.2) is 24.3 Å². The number of nitrogens with one attached hydrogen (secondary N) is 1. The van der Waals surface area contributed by atoms with Crippen molar-refractivity contribution < 1.29 is 9.53 Å². The van der Waals surface area contributed by atoms with Crippen molar-refractivity contribution >= 4 is 16.9 Å². The number of hydrogen-bond acceptors (Lipinski definition) is 3. The van der Waals surface area contributed by atoms with Crippen LogP contribution in [-0.4, -0.2) is 34.7 Å². The Labute approximate surface area is 124 Å². The number of aryl methyl sites for hydroxylation is 2. The molecule has 5 heteroatoms. The first-order chi connectivity index (χ1) is 10.2. The Morgan fingerprint density at radius 1 is 1.48 bits per heavy atom. The van der Waals surface area contributed by atoms with Crippen LogP contribution in [0.1, 0.15) is 25.1 Å². The smallest absolute Gasteiger partial charge is 0.221 e. The maximum absolute atomic E-state index is 11.9. The molecule has 2 aromatic rings. The molecule has 1 aromatic carbocycles. The largest absolute Gasteiger partial charge is 0.376 e. The lowest BCUT2D eigenvalue weighted by molar-refractivity contribution is -0.121. The molecular formula is C16H21N3O2. The van der Waals surface area contributed by atoms with Crippen molar-refractivity contribution in [1.82, 2.24) is 14.9 Å². The van der Waals surface area contributed by atoms with E-state index in [1.807, 2.05) is 31.2 Å². The molecule has 1 fully saturated rings. The van der Waals surface area contributed by atoms with E-state index >= 15 is 0 Å². The number of fused-ring (bicyclic) bond motifs is 1. The van der Waals surface area contributed by atoms with Crippen LogP contribution in [-0.2, 0) is 16.1 Å². The third-order valence-corrected chi connectivity index (χ3v) is 3.96. The lowest BCUT2D eigenvalue weighted by Crippen LogP contribution is -2.32. The summed E-state index contributed by atoms with van der Waals surface area (Å²) in [7, 11) is 0. The van der Waals surface area contributed by atoms with E-state index in [4.69, 9.17) is 4.74 Å². The summed E-state index contributed by atoms with van der Waals surface area (Å²) in [5, 5.41) is 2.96. The predicted octanol–water partition coefficient (Wildman–Crippen LogP) is 2.03. The number of nitrogens with zero attached hydrogens (tertiary/aromatic N) is 2. The highest BCUT2D eigenvalue weighted by Gasteiger charge is 2.16. The number of benzene rings is 1. The van der Waals surface area contributed by atoms with Crippen LogP contribution in [0.3, 0.4) is 0 Å². The fourth-order valence-corrected chi connectivity index (χ4v) is 2.81. The number of carbonyl (C=O) groups is 1. The summed E-state index contributed by atoms with van der Waals surface area (Å²) in [5.74, 6) is 1.02. The van der Waals surface area contributed by atoms with Crippen molar-refractivity contribution in [2.24, 2.45) is 0 Å². The van der Waals surface area contributed by atoms with E-state index in [2.05, 4.69) is 14.9 Å². The number of ether oxygens (including phenoxy) is 1. The van der Waals surface area contributed by atoms with Gasteiger partial charge in [-0.05, 0) is 31.9 Å². The third kappa shape index (κ3) is 3.24. The number of rotatable bonds is 5. The minimum Gasteiger partial charge on any atom is -0.376 e. The number of amides is 1. The zero-order valence-electron chi connectivity index (χ0n) is 12.3. The van der Waals surface area contributed by atoms with E-state index in [9.17, 15) is 4.79 Å². The molecular weight excluding hydrogens is 266 g/mol. The average Bonchev–Trinajstić information content (AvgIpc) is 3.10. The Balaban J connectivity index is 1.56. The molecule has 112 valence electrons. The fraction of sp³-hybridized carbons (Fsp3) is 0.500. The van der Waals surface area contributed by atoms with Crippen LogP contribution in [0.5, 0.6) is 0 Å². The molecule has 0 bridgehead atoms. The van der Waals surface area contributed by atoms with Gasteiger partial charge in [-0.3, -0.25) is 4.79 Å². The second-order valence-corrected chi connectivity index (χ2v) is 5.49. The lowest BCUT2D eigenvalue weighted by atomic mass is 10.2. The van der Waals surface area contributed by atoms with Crippen molar-refractivity contribution in [1.29, 1.82) is 0 Å². The summed E-state index contributed by atoms with van der Waals surface area (Å²) < 4.78 is 7.60. The summed E-state index contributed by atoms with van der Waals surface area (Å²) in [6.45, 7) is 4.08. The summed E-state index contributed by atoms with van der Waals surface area (Å²) in [6.07, 6.45) is 2.81. The first-order valence-corrected chi connectivity index (χ1v) is 7.54. The van der Waals surface area contributed by atoms with Gasteiger partial charge >= 0.3 is 0 Å². The van der Waals surface area contributed by atoms with Gasteiger partial charge in [0.1, 0.15) is 5.82 Å². The van der Waals surface area contributed by atoms with E-state index in [1.54, 1.807) is 0 Å². The Bertz CT molecular complexity index is 629. The van der Waals surface area contributed by atoms with Crippen molar-refractivity contribution in [3.8, 4) is 0 Å². The highest BCUT2D eigenvalue weighted by Crippen LogP contribution is 2.16. The van der Waals surface area contributed by atoms with Crippen LogP contribution < -0.4 is 5.32 Å². The number of carbonyl (C=O) groups excluding carboxylic acids is 1. The molecule has 1 amide bonds. The van der Waals surface area contributed by atoms with Gasteiger partial charge in [0.05, 0.1) is 17.1 Å². The van der Waals surface area contributed by atoms with Crippen molar-refractivity contribution in [3.05, 3.63) is 30.1 Å². The summed E-state index contributed by atoms with van der Waals surface area (Å²) in [4.78, 5) is 16.5. The number of hydrogen-bond donors (Lipinski definition) is 1. The van der Waals surface area contributed by atoms with Gasteiger partial charge in [-0.1, -0.05) is 12.1 Å². The Morgan fingerprint density at radius 2 is 2.33 bits per heavy atom. The van der Waals surface area contributed by atoms with Gasteiger partial charge in [0.15, 0.2) is 0 Å². The van der Waals surface area contributed by atoms with Gasteiger partial charge in [0.2, 0.25) is 5.91 Å². The number of para-hydroxylation sites is 2. The molecule has 1 atom stereocenters. The van der Waals surface area contributed by atoms with Gasteiger partial charge in [-0.25, -0.2) is 4.98 Å². The number of aromatic nitrogens is 2. The standard InChI is InChI=1S/C16H21N3O2/c1-12-18-14-6-2-3-7-15(14)19(12)9-8-16(20)17-11-13-5-4-10-21-13/h2-3,6-7,13H,4-5,8-11H2,1H3,(H,17,20)/t13-/m1/s1. The molecule has 0 radical (unpaired) electrons. The highest BCUT2D eigenvalue weighted by molar-refractivity contribution is 5.78. The minimum atomic E-state index is 0.0719. The van der Waals surface area contributed by atoms with Crippen LogP contribution in [0.2, 0.25) is 0 Å². The minimum absolute atomic E-state index is 0.0719. The van der Waals surface area contributed by atoms with Crippen molar-refractivity contribution in [3.63, 3.8) is 0 Å². The topological polar surface area (TPSA) is 56.2 Å². The SMILES string of the molecule is Cc1nc2ccccc2n1CCC(=O)NC[C@H]1CCCO1. The van der Waals surface area contributed by atoms with Gasteiger partial charge in [-0.2, -0.15) is 0 Å². The Hall–Kier alpha value is -1.88. The second-order valence-electron chi connectivity index (χ2n) is 5.49. The molecule has 21 heavy (non-hydrogen) atoms. The molecule has 0 unspecified atom stereocenters. The molecule has 1 N–H and O–H groups in total. The molecule has 2 heterocycles. The first kappa shape index (κ1) is 14.1. The Kier molecular flexibility index (Phi) is 4.20. The maximum atomic E-state index is 11.9. The number of imidazole rings is 1. The zero-order valence-corrected chi connectivity index (χ0v) is 12.3. The van der Waals surface area contributed by atoms with Crippen LogP contribution in [0.4, 0.5) is 0 Å². The average molecular weight is 287 g/mol. The maximum Gasteiger partial charge on any atom is 0.221 e. The monoisotopic (exact) mass is 287 g/mol. The second kappa shape index (κ2) is 6.26. The van der Waals surface area contributed by atoms with Gasteiger partial charge < -0.3 is 14.6 Å². The molecule has 3 rings (SSSR count). The molecule has 1 aliphatic heterocycles. The van der Waals surface area contributed by atoms with Gasteiger partial charge in [0, 0.05) is 26.1 Å². The summed E-state index contributed by atoms with van der Waals surface area (Å²) >= 11 is 0. The molecule has 0 spiro atoms. The third-order valence-electron chi connectivity index (χ3n) is 3.96. The van der Waals surface area contributed by atoms with Crippen molar-refractivity contribution in [2.75, 3.05) is 13.2 Å². The molecule has 5 nitrogen and oxygen atoms in total. The predicted molar refractivity (Wildman–Crippen MR) is 81.1 cm³/mol. The normalized spacial score (nSPS) is 18.2. The van der Waals surface area contributed by atoms with E-state index in [0.29, 0.717) is 19.5 Å². The van der Waals surface area contributed by atoms with E-state index < -0.39 is 0 Å². The Morgan fingerprint density at radius 3 is 3.14 bits per heavy atom. The molecule has 1 aliphatic rings. The molecule has 0 saturated carbocycles. The molecule has 1 saturated heterocycles. The van der Waals surface area contributed by atoms with E-state index in [1.165, 1.54) is 0 Å². The van der Waals surface area contributed by atoms with Crippen LogP contribution in [0, 0.1) is 6.92 Å². The fourth-order valence-electron chi connectivity index (χ4n) is 2.81. The van der Waals surface area contributed by atoms with Crippen LogP contribution in [0.25, 0.3) is 11.0 Å². The first-order valence-electron chi connectivity index (χ1n) is 7.54. The summed E-state index contributed by atoms with van der Waals surface area (Å²) in [6, 6.07) is 8.01. The summed E-state index contributed by atoms with van der Waals surface area (Å²) in [5.41, 5.74) is 2.07. The molecule has 0 aliphatic carbocycles. The van der Waals surface area contributed by atoms with E-state index in [-0.39, 0.29) is 12.0 Å². The molecule has 1 aromatic heterocycles. The quantitative estimate of drug-likeness (QED) is 0.915. The van der Waals surface area contributed by atoms with Gasteiger partial charge in [0.25, 0.3) is 0 Å². The van der Waals surface area contributed by atoms with E-state index in [0.717, 1.165) is 36.3 Å².